The molecule has 0 spiro atoms. The molecule has 5 heteroatoms. The summed E-state index contributed by atoms with van der Waals surface area (Å²) in [5.41, 5.74) is 0.797. The lowest BCUT2D eigenvalue weighted by molar-refractivity contribution is 0.0383. The van der Waals surface area contributed by atoms with Crippen LogP contribution in [0.3, 0.4) is 0 Å². The van der Waals surface area contributed by atoms with E-state index in [0.717, 1.165) is 49.1 Å². The van der Waals surface area contributed by atoms with Gasteiger partial charge in [0, 0.05) is 31.1 Å². The van der Waals surface area contributed by atoms with Crippen molar-refractivity contribution in [2.24, 2.45) is 0 Å². The van der Waals surface area contributed by atoms with Crippen LogP contribution in [0.4, 0.5) is 0 Å². The van der Waals surface area contributed by atoms with E-state index in [1.807, 2.05) is 24.3 Å². The summed E-state index contributed by atoms with van der Waals surface area (Å²) < 4.78 is 5.33. The molecule has 0 radical (unpaired) electrons. The number of morpholine rings is 1. The highest BCUT2D eigenvalue weighted by molar-refractivity contribution is 7.99. The number of ether oxygens (including phenoxy) is 1. The molecular weight excluding hydrogens is 296 g/mol. The molecule has 1 aliphatic rings. The van der Waals surface area contributed by atoms with Crippen LogP contribution in [0.1, 0.15) is 30.1 Å². The van der Waals surface area contributed by atoms with Crippen molar-refractivity contribution in [2.45, 2.75) is 24.7 Å². The van der Waals surface area contributed by atoms with Crippen molar-refractivity contribution in [3.63, 3.8) is 0 Å². The fourth-order valence-electron chi connectivity index (χ4n) is 2.35. The van der Waals surface area contributed by atoms with Crippen LogP contribution in [-0.4, -0.2) is 56.0 Å². The molecule has 22 heavy (non-hydrogen) atoms. The number of amides is 1. The maximum Gasteiger partial charge on any atom is 0.252 e. The lowest BCUT2D eigenvalue weighted by Gasteiger charge is -2.26. The molecule has 4 nitrogen and oxygen atoms in total. The molecule has 0 saturated carbocycles. The Bertz CT molecular complexity index is 462. The van der Waals surface area contributed by atoms with E-state index in [2.05, 4.69) is 17.1 Å². The van der Waals surface area contributed by atoms with E-state index >= 15 is 0 Å². The standard InChI is InChI=1S/C17H26N2O2S/c1-2-3-14-22-16-7-5-4-6-15(16)17(20)18-8-9-19-10-12-21-13-11-19/h4-7H,2-3,8-14H2,1H3,(H,18,20). The average Bonchev–Trinajstić information content (AvgIpc) is 2.56. The molecule has 1 N–H and O–H groups in total. The topological polar surface area (TPSA) is 41.6 Å². The maximum atomic E-state index is 12.4. The minimum Gasteiger partial charge on any atom is -0.379 e. The number of thioether (sulfide) groups is 1. The van der Waals surface area contributed by atoms with Crippen LogP contribution in [0.5, 0.6) is 0 Å². The fourth-order valence-corrected chi connectivity index (χ4v) is 3.50. The number of nitrogens with one attached hydrogen (secondary N) is 1. The molecule has 0 aromatic heterocycles. The van der Waals surface area contributed by atoms with Gasteiger partial charge in [0.1, 0.15) is 0 Å². The second-order valence-corrected chi connectivity index (χ2v) is 6.54. The van der Waals surface area contributed by atoms with Crippen LogP contribution in [0.15, 0.2) is 29.2 Å². The molecule has 0 atom stereocenters. The molecule has 1 amide bonds. The molecule has 0 unspecified atom stereocenters. The van der Waals surface area contributed by atoms with Gasteiger partial charge in [-0.3, -0.25) is 9.69 Å². The molecule has 1 aromatic carbocycles. The van der Waals surface area contributed by atoms with Gasteiger partial charge >= 0.3 is 0 Å². The smallest absolute Gasteiger partial charge is 0.252 e. The van der Waals surface area contributed by atoms with Gasteiger partial charge in [-0.2, -0.15) is 0 Å². The van der Waals surface area contributed by atoms with Crippen molar-refractivity contribution in [3.8, 4) is 0 Å². The zero-order valence-corrected chi connectivity index (χ0v) is 14.2. The summed E-state index contributed by atoms with van der Waals surface area (Å²) in [7, 11) is 0. The molecular formula is C17H26N2O2S. The van der Waals surface area contributed by atoms with Gasteiger partial charge in [-0.05, 0) is 24.3 Å². The van der Waals surface area contributed by atoms with Crippen LogP contribution < -0.4 is 5.32 Å². The van der Waals surface area contributed by atoms with E-state index in [1.165, 1.54) is 12.8 Å². The SMILES string of the molecule is CCCCSc1ccccc1C(=O)NCCN1CCOCC1. The third-order valence-electron chi connectivity index (χ3n) is 3.70. The lowest BCUT2D eigenvalue weighted by Crippen LogP contribution is -2.41. The third kappa shape index (κ3) is 5.63. The zero-order valence-electron chi connectivity index (χ0n) is 13.3. The fraction of sp³-hybridized carbons (Fsp3) is 0.588. The second kappa shape index (κ2) is 9.87. The van der Waals surface area contributed by atoms with E-state index < -0.39 is 0 Å². The highest BCUT2D eigenvalue weighted by atomic mass is 32.2. The van der Waals surface area contributed by atoms with Crippen molar-refractivity contribution in [1.82, 2.24) is 10.2 Å². The molecule has 1 aliphatic heterocycles. The van der Waals surface area contributed by atoms with E-state index in [-0.39, 0.29) is 5.91 Å². The molecule has 0 bridgehead atoms. The normalized spacial score (nSPS) is 15.7. The average molecular weight is 322 g/mol. The van der Waals surface area contributed by atoms with Crippen molar-refractivity contribution >= 4 is 17.7 Å². The summed E-state index contributed by atoms with van der Waals surface area (Å²) in [4.78, 5) is 15.8. The van der Waals surface area contributed by atoms with Crippen molar-refractivity contribution in [1.29, 1.82) is 0 Å². The molecule has 122 valence electrons. The van der Waals surface area contributed by atoms with Crippen LogP contribution in [-0.2, 0) is 4.74 Å². The molecule has 1 fully saturated rings. The number of hydrogen-bond acceptors (Lipinski definition) is 4. The van der Waals surface area contributed by atoms with E-state index in [4.69, 9.17) is 4.74 Å². The van der Waals surface area contributed by atoms with Gasteiger partial charge < -0.3 is 10.1 Å². The zero-order chi connectivity index (χ0) is 15.6. The number of benzene rings is 1. The third-order valence-corrected chi connectivity index (χ3v) is 4.86. The van der Waals surface area contributed by atoms with Gasteiger partial charge in [-0.1, -0.05) is 25.5 Å². The Morgan fingerprint density at radius 3 is 2.86 bits per heavy atom. The van der Waals surface area contributed by atoms with Crippen molar-refractivity contribution < 1.29 is 9.53 Å². The number of rotatable bonds is 8. The number of unbranched alkanes of at least 4 members (excludes halogenated alkanes) is 1. The predicted octanol–water partition coefficient (Wildman–Crippen LogP) is 2.64. The Balaban J connectivity index is 1.80. The molecule has 1 saturated heterocycles. The van der Waals surface area contributed by atoms with Gasteiger partial charge in [0.2, 0.25) is 0 Å². The van der Waals surface area contributed by atoms with Gasteiger partial charge in [0.05, 0.1) is 18.8 Å². The monoisotopic (exact) mass is 322 g/mol. The second-order valence-electron chi connectivity index (χ2n) is 5.41. The Morgan fingerprint density at radius 2 is 2.09 bits per heavy atom. The Morgan fingerprint density at radius 1 is 1.32 bits per heavy atom. The lowest BCUT2D eigenvalue weighted by atomic mass is 10.2. The highest BCUT2D eigenvalue weighted by Gasteiger charge is 2.13. The number of carbonyl (C=O) groups is 1. The van der Waals surface area contributed by atoms with E-state index in [0.29, 0.717) is 6.54 Å². The van der Waals surface area contributed by atoms with Gasteiger partial charge in [-0.25, -0.2) is 0 Å². The molecule has 1 aromatic rings. The molecule has 2 rings (SSSR count). The van der Waals surface area contributed by atoms with Gasteiger partial charge in [-0.15, -0.1) is 11.8 Å². The van der Waals surface area contributed by atoms with Gasteiger partial charge in [0.25, 0.3) is 5.91 Å². The summed E-state index contributed by atoms with van der Waals surface area (Å²) in [6, 6.07) is 7.88. The van der Waals surface area contributed by atoms with Crippen LogP contribution in [0.2, 0.25) is 0 Å². The van der Waals surface area contributed by atoms with E-state index in [9.17, 15) is 4.79 Å². The largest absolute Gasteiger partial charge is 0.379 e. The Kier molecular flexibility index (Phi) is 7.77. The maximum absolute atomic E-state index is 12.4. The summed E-state index contributed by atoms with van der Waals surface area (Å²) in [5.74, 6) is 1.10. The van der Waals surface area contributed by atoms with Crippen molar-refractivity contribution in [2.75, 3.05) is 45.1 Å². The minimum atomic E-state index is 0.0351. The Labute approximate surface area is 137 Å². The quantitative estimate of drug-likeness (QED) is 0.590. The first-order valence-electron chi connectivity index (χ1n) is 8.11. The van der Waals surface area contributed by atoms with Crippen LogP contribution in [0, 0.1) is 0 Å². The summed E-state index contributed by atoms with van der Waals surface area (Å²) in [6.07, 6.45) is 2.36. The molecule has 1 heterocycles. The molecule has 0 aliphatic carbocycles. The number of carbonyl (C=O) groups excluding carboxylic acids is 1. The number of nitrogens with zero attached hydrogens (tertiary/aromatic N) is 1. The first-order chi connectivity index (χ1) is 10.8. The van der Waals surface area contributed by atoms with Crippen LogP contribution in [0.25, 0.3) is 0 Å². The summed E-state index contributed by atoms with van der Waals surface area (Å²) >= 11 is 1.77. The summed E-state index contributed by atoms with van der Waals surface area (Å²) in [6.45, 7) is 7.27. The van der Waals surface area contributed by atoms with Crippen molar-refractivity contribution in [3.05, 3.63) is 29.8 Å². The first-order valence-corrected chi connectivity index (χ1v) is 9.10. The van der Waals surface area contributed by atoms with E-state index in [1.54, 1.807) is 11.8 Å². The van der Waals surface area contributed by atoms with Crippen LogP contribution >= 0.6 is 11.8 Å². The highest BCUT2D eigenvalue weighted by Crippen LogP contribution is 2.23. The number of hydrogen-bond donors (Lipinski definition) is 1. The van der Waals surface area contributed by atoms with Gasteiger partial charge in [0.15, 0.2) is 0 Å². The first kappa shape index (κ1) is 17.3. The summed E-state index contributed by atoms with van der Waals surface area (Å²) in [5, 5.41) is 3.04. The minimum absolute atomic E-state index is 0.0351. The predicted molar refractivity (Wildman–Crippen MR) is 91.7 cm³/mol. The Hall–Kier alpha value is -1.04.